The van der Waals surface area contributed by atoms with E-state index in [0.29, 0.717) is 17.0 Å². The topological polar surface area (TPSA) is 97.4 Å². The third-order valence-electron chi connectivity index (χ3n) is 5.66. The predicted molar refractivity (Wildman–Crippen MR) is 137 cm³/mol. The van der Waals surface area contributed by atoms with Crippen LogP contribution >= 0.6 is 11.3 Å². The average molecular weight is 530 g/mol. The first kappa shape index (κ1) is 27.9. The summed E-state index contributed by atoms with van der Waals surface area (Å²) >= 11 is 1.10. The van der Waals surface area contributed by atoms with Crippen LogP contribution in [0.2, 0.25) is 0 Å². The molecule has 1 aromatic heterocycles. The molecular formula is C27H29F2N3O4S. The molecule has 2 amide bonds. The molecule has 7 nitrogen and oxygen atoms in total. The maximum absolute atomic E-state index is 13.3. The molecule has 0 radical (unpaired) electrons. The lowest BCUT2D eigenvalue weighted by Crippen LogP contribution is -2.54. The molecule has 2 N–H and O–H groups in total. The Morgan fingerprint density at radius 1 is 1.03 bits per heavy atom. The summed E-state index contributed by atoms with van der Waals surface area (Å²) in [4.78, 5) is 42.9. The van der Waals surface area contributed by atoms with Gasteiger partial charge in [-0.05, 0) is 68.7 Å². The Morgan fingerprint density at radius 2 is 1.62 bits per heavy atom. The van der Waals surface area contributed by atoms with Crippen molar-refractivity contribution in [2.75, 3.05) is 7.11 Å². The van der Waals surface area contributed by atoms with E-state index in [1.54, 1.807) is 31.2 Å². The summed E-state index contributed by atoms with van der Waals surface area (Å²) < 4.78 is 31.3. The van der Waals surface area contributed by atoms with Crippen LogP contribution in [-0.4, -0.2) is 41.5 Å². The van der Waals surface area contributed by atoms with Gasteiger partial charge in [0, 0.05) is 11.1 Å². The van der Waals surface area contributed by atoms with E-state index in [9.17, 15) is 23.2 Å². The zero-order valence-electron chi connectivity index (χ0n) is 21.0. The fourth-order valence-electron chi connectivity index (χ4n) is 3.79. The van der Waals surface area contributed by atoms with E-state index in [1.165, 1.54) is 37.6 Å². The van der Waals surface area contributed by atoms with Crippen molar-refractivity contribution < 1.29 is 27.9 Å². The van der Waals surface area contributed by atoms with Gasteiger partial charge in [-0.3, -0.25) is 14.4 Å². The molecule has 0 spiro atoms. The first-order valence-corrected chi connectivity index (χ1v) is 12.5. The van der Waals surface area contributed by atoms with Crippen LogP contribution in [0.5, 0.6) is 0 Å². The minimum Gasteiger partial charge on any atom is -0.469 e. The Morgan fingerprint density at radius 3 is 2.22 bits per heavy atom. The molecule has 0 aliphatic heterocycles. The van der Waals surface area contributed by atoms with Gasteiger partial charge in [-0.1, -0.05) is 19.1 Å². The van der Waals surface area contributed by atoms with Crippen molar-refractivity contribution in [3.05, 3.63) is 76.8 Å². The van der Waals surface area contributed by atoms with Crippen LogP contribution in [0.25, 0.3) is 10.6 Å². The number of carbonyl (C=O) groups is 3. The largest absolute Gasteiger partial charge is 0.469 e. The number of rotatable bonds is 10. The maximum atomic E-state index is 13.3. The van der Waals surface area contributed by atoms with Crippen LogP contribution in [0, 0.1) is 17.6 Å². The summed E-state index contributed by atoms with van der Waals surface area (Å²) in [5, 5.41) is 6.16. The Bertz CT molecular complexity index is 1240. The highest BCUT2D eigenvalue weighted by Crippen LogP contribution is 2.25. The second-order valence-electron chi connectivity index (χ2n) is 9.40. The smallest absolute Gasteiger partial charge is 0.308 e. The summed E-state index contributed by atoms with van der Waals surface area (Å²) in [6.45, 7) is 5.24. The number of carbonyl (C=O) groups excluding carboxylic acids is 3. The van der Waals surface area contributed by atoms with E-state index in [2.05, 4.69) is 15.6 Å². The average Bonchev–Trinajstić information content (AvgIpc) is 3.35. The molecule has 3 rings (SSSR count). The predicted octanol–water partition coefficient (Wildman–Crippen LogP) is 4.52. The van der Waals surface area contributed by atoms with Gasteiger partial charge >= 0.3 is 5.97 Å². The van der Waals surface area contributed by atoms with Crippen LogP contribution in [0.1, 0.15) is 42.4 Å². The molecule has 2 aromatic carbocycles. The molecule has 1 heterocycles. The zero-order chi connectivity index (χ0) is 27.2. The van der Waals surface area contributed by atoms with Crippen molar-refractivity contribution >= 4 is 29.1 Å². The van der Waals surface area contributed by atoms with Crippen molar-refractivity contribution in [2.24, 2.45) is 5.92 Å². The Labute approximate surface area is 218 Å². The summed E-state index contributed by atoms with van der Waals surface area (Å²) in [5.74, 6) is -2.89. The van der Waals surface area contributed by atoms with Gasteiger partial charge in [-0.25, -0.2) is 13.8 Å². The van der Waals surface area contributed by atoms with E-state index in [4.69, 9.17) is 4.74 Å². The van der Waals surface area contributed by atoms with Crippen molar-refractivity contribution in [3.8, 4) is 10.6 Å². The SMILES string of the molecule is COC(=O)[C@@H](C)C[C@H](NC(=O)c1cnc(-c2ccc(F)cc2)s1)C(=O)NC(C)(C)Cc1ccc(F)cc1. The third-order valence-corrected chi connectivity index (χ3v) is 6.70. The van der Waals surface area contributed by atoms with Gasteiger partial charge in [0.15, 0.2) is 0 Å². The zero-order valence-corrected chi connectivity index (χ0v) is 21.8. The Balaban J connectivity index is 1.75. The van der Waals surface area contributed by atoms with Gasteiger partial charge < -0.3 is 15.4 Å². The van der Waals surface area contributed by atoms with Crippen molar-refractivity contribution in [2.45, 2.75) is 45.2 Å². The minimum absolute atomic E-state index is 0.0144. The number of benzene rings is 2. The third kappa shape index (κ3) is 7.91. The van der Waals surface area contributed by atoms with Crippen LogP contribution in [0.4, 0.5) is 8.78 Å². The van der Waals surface area contributed by atoms with Crippen molar-refractivity contribution in [1.82, 2.24) is 15.6 Å². The molecule has 196 valence electrons. The van der Waals surface area contributed by atoms with Gasteiger partial charge in [0.05, 0.1) is 19.2 Å². The maximum Gasteiger partial charge on any atom is 0.308 e. The highest BCUT2D eigenvalue weighted by Gasteiger charge is 2.31. The van der Waals surface area contributed by atoms with Crippen LogP contribution in [-0.2, 0) is 20.7 Å². The minimum atomic E-state index is -1.04. The number of ether oxygens (including phenoxy) is 1. The second kappa shape index (κ2) is 12.1. The first-order chi connectivity index (χ1) is 17.5. The number of thiazole rings is 1. The van der Waals surface area contributed by atoms with E-state index in [0.717, 1.165) is 16.9 Å². The van der Waals surface area contributed by atoms with E-state index in [1.807, 2.05) is 13.8 Å². The normalized spacial score (nSPS) is 12.9. The summed E-state index contributed by atoms with van der Waals surface area (Å²) in [7, 11) is 1.26. The number of nitrogens with zero attached hydrogens (tertiary/aromatic N) is 1. The molecule has 2 atom stereocenters. The van der Waals surface area contributed by atoms with E-state index < -0.39 is 35.3 Å². The molecule has 0 fully saturated rings. The lowest BCUT2D eigenvalue weighted by molar-refractivity contribution is -0.145. The van der Waals surface area contributed by atoms with Crippen LogP contribution in [0.3, 0.4) is 0 Å². The summed E-state index contributed by atoms with van der Waals surface area (Å²) in [5.41, 5.74) is 0.752. The molecule has 10 heteroatoms. The first-order valence-electron chi connectivity index (χ1n) is 11.6. The van der Waals surface area contributed by atoms with Crippen LogP contribution in [0.15, 0.2) is 54.7 Å². The fourth-order valence-corrected chi connectivity index (χ4v) is 4.62. The van der Waals surface area contributed by atoms with Gasteiger partial charge in [0.2, 0.25) is 5.91 Å². The van der Waals surface area contributed by atoms with Crippen LogP contribution < -0.4 is 10.6 Å². The Hall–Kier alpha value is -3.66. The lowest BCUT2D eigenvalue weighted by atomic mass is 9.93. The molecule has 0 bridgehead atoms. The molecule has 0 aliphatic carbocycles. The van der Waals surface area contributed by atoms with Gasteiger partial charge in [-0.2, -0.15) is 0 Å². The highest BCUT2D eigenvalue weighted by molar-refractivity contribution is 7.16. The lowest BCUT2D eigenvalue weighted by Gasteiger charge is -2.30. The summed E-state index contributed by atoms with van der Waals surface area (Å²) in [6.07, 6.45) is 1.82. The second-order valence-corrected chi connectivity index (χ2v) is 10.4. The van der Waals surface area contributed by atoms with Crippen molar-refractivity contribution in [1.29, 1.82) is 0 Å². The molecule has 0 unspecified atom stereocenters. The monoisotopic (exact) mass is 529 g/mol. The molecule has 0 saturated heterocycles. The van der Waals surface area contributed by atoms with Gasteiger partial charge in [0.1, 0.15) is 27.6 Å². The number of hydrogen-bond donors (Lipinski definition) is 2. The number of hydrogen-bond acceptors (Lipinski definition) is 6. The number of methoxy groups -OCH3 is 1. The number of nitrogens with one attached hydrogen (secondary N) is 2. The number of halogens is 2. The highest BCUT2D eigenvalue weighted by atomic mass is 32.1. The summed E-state index contributed by atoms with van der Waals surface area (Å²) in [6, 6.07) is 10.7. The molecule has 37 heavy (non-hydrogen) atoms. The number of amides is 2. The van der Waals surface area contributed by atoms with E-state index >= 15 is 0 Å². The van der Waals surface area contributed by atoms with Gasteiger partial charge in [0.25, 0.3) is 5.91 Å². The van der Waals surface area contributed by atoms with E-state index in [-0.39, 0.29) is 22.9 Å². The molecule has 3 aromatic rings. The standard InChI is InChI=1S/C27H29F2N3O4S/c1-16(26(35)36-4)13-21(23(33)32-27(2,3)14-17-5-9-19(28)10-6-17)31-24(34)22-15-30-25(37-22)18-7-11-20(29)12-8-18/h5-12,15-16,21H,13-14H2,1-4H3,(H,31,34)(H,32,33)/t16-,21-/m0/s1. The van der Waals surface area contributed by atoms with Crippen molar-refractivity contribution in [3.63, 3.8) is 0 Å². The Kier molecular flexibility index (Phi) is 9.09. The fraction of sp³-hybridized carbons (Fsp3) is 0.333. The molecule has 0 saturated carbocycles. The molecular weight excluding hydrogens is 500 g/mol. The number of aromatic nitrogens is 1. The van der Waals surface area contributed by atoms with Gasteiger partial charge in [-0.15, -0.1) is 11.3 Å². The molecule has 0 aliphatic rings. The number of esters is 1. The quantitative estimate of drug-likeness (QED) is 0.377.